The lowest BCUT2D eigenvalue weighted by atomic mass is 9.99. The van der Waals surface area contributed by atoms with Gasteiger partial charge < -0.3 is 74.1 Å². The van der Waals surface area contributed by atoms with Gasteiger partial charge in [-0.15, -0.1) is 0 Å². The number of benzene rings is 2. The van der Waals surface area contributed by atoms with E-state index in [2.05, 4.69) is 0 Å². The van der Waals surface area contributed by atoms with Crippen molar-refractivity contribution in [3.05, 3.63) is 40.8 Å². The summed E-state index contributed by atoms with van der Waals surface area (Å²) in [5, 5.41) is 91.0. The van der Waals surface area contributed by atoms with E-state index >= 15 is 0 Å². The predicted molar refractivity (Wildman–Crippen MR) is 140 cm³/mol. The van der Waals surface area contributed by atoms with Gasteiger partial charge in [-0.2, -0.15) is 0 Å². The van der Waals surface area contributed by atoms with Crippen molar-refractivity contribution >= 4 is 11.0 Å². The second-order valence-electron chi connectivity index (χ2n) is 10.0. The van der Waals surface area contributed by atoms with E-state index in [0.717, 1.165) is 25.5 Å². The Bertz CT molecular complexity index is 1520. The second kappa shape index (κ2) is 12.1. The Morgan fingerprint density at radius 3 is 2.30 bits per heavy atom. The number of aromatic hydroxyl groups is 3. The van der Waals surface area contributed by atoms with Gasteiger partial charge in [-0.1, -0.05) is 6.07 Å². The number of hydrogen-bond donors (Lipinski definition) is 9. The van der Waals surface area contributed by atoms with Crippen molar-refractivity contribution in [3.8, 4) is 39.9 Å². The molecule has 2 aliphatic rings. The van der Waals surface area contributed by atoms with E-state index in [1.165, 1.54) is 12.1 Å². The van der Waals surface area contributed by atoms with Gasteiger partial charge >= 0.3 is 0 Å². The first-order valence-electron chi connectivity index (χ1n) is 12.9. The molecule has 0 saturated carbocycles. The van der Waals surface area contributed by atoms with Gasteiger partial charge in [0.1, 0.15) is 60.0 Å². The van der Waals surface area contributed by atoms with Crippen LogP contribution in [0.2, 0.25) is 0 Å². The summed E-state index contributed by atoms with van der Waals surface area (Å²) in [6.45, 7) is -0.871. The molecule has 0 spiro atoms. The molecule has 5 rings (SSSR count). The highest BCUT2D eigenvalue weighted by molar-refractivity contribution is 5.91. The third-order valence-electron chi connectivity index (χ3n) is 7.24. The number of phenols is 3. The van der Waals surface area contributed by atoms with Gasteiger partial charge in [0.2, 0.25) is 17.5 Å². The van der Waals surface area contributed by atoms with Gasteiger partial charge in [0, 0.05) is 6.07 Å². The number of phenolic OH excluding ortho intramolecular Hbond substituents is 3. The predicted octanol–water partition coefficient (Wildman–Crippen LogP) is -1.77. The molecular formula is C27H30O16. The quantitative estimate of drug-likeness (QED) is 0.134. The molecule has 2 aliphatic heterocycles. The van der Waals surface area contributed by atoms with Gasteiger partial charge in [0.25, 0.3) is 0 Å². The lowest BCUT2D eigenvalue weighted by molar-refractivity contribution is -0.307. The summed E-state index contributed by atoms with van der Waals surface area (Å²) in [5.41, 5.74) is -0.780. The van der Waals surface area contributed by atoms with Gasteiger partial charge in [0.05, 0.1) is 25.9 Å². The van der Waals surface area contributed by atoms with E-state index in [-0.39, 0.29) is 40.2 Å². The summed E-state index contributed by atoms with van der Waals surface area (Å²) in [6, 6.07) is 4.81. The first-order chi connectivity index (χ1) is 20.4. The zero-order chi connectivity index (χ0) is 31.2. The molecule has 3 heterocycles. The van der Waals surface area contributed by atoms with Crippen LogP contribution in [0, 0.1) is 0 Å². The third-order valence-corrected chi connectivity index (χ3v) is 7.24. The molecule has 2 saturated heterocycles. The number of aliphatic hydroxyl groups is 6. The summed E-state index contributed by atoms with van der Waals surface area (Å²) in [7, 11) is 1.16. The maximum atomic E-state index is 13.3. The summed E-state index contributed by atoms with van der Waals surface area (Å²) >= 11 is 0. The summed E-state index contributed by atoms with van der Waals surface area (Å²) in [6.07, 6.45) is -13.3. The van der Waals surface area contributed by atoms with Crippen LogP contribution in [0.4, 0.5) is 0 Å². The van der Waals surface area contributed by atoms with Crippen molar-refractivity contribution in [3.63, 3.8) is 0 Å². The van der Waals surface area contributed by atoms with Crippen LogP contribution in [0.5, 0.6) is 28.7 Å². The van der Waals surface area contributed by atoms with Crippen molar-refractivity contribution in [2.24, 2.45) is 0 Å². The third kappa shape index (κ3) is 5.67. The zero-order valence-corrected chi connectivity index (χ0v) is 22.4. The Labute approximate surface area is 241 Å². The van der Waals surface area contributed by atoms with Gasteiger partial charge in [0.15, 0.2) is 29.3 Å². The molecule has 2 fully saturated rings. The number of ether oxygens (including phenoxy) is 5. The maximum Gasteiger partial charge on any atom is 0.229 e. The molecule has 3 aromatic rings. The van der Waals surface area contributed by atoms with Crippen LogP contribution in [-0.2, 0) is 14.2 Å². The minimum Gasteiger partial charge on any atom is -0.504 e. The number of methoxy groups -OCH3 is 1. The number of hydrogen-bond acceptors (Lipinski definition) is 16. The topological polar surface area (TPSA) is 258 Å². The van der Waals surface area contributed by atoms with E-state index in [9.17, 15) is 50.8 Å². The SMILES string of the molecule is COc1c(O[C@@H]2O[C@H](CO[C@@H]3OC[C@@H](O)[C@H](O)[C@H]3O)[C@@H](O)[C@H](O)[C@H]2O)cc2occ(-c3ccc(O)c(O)c3)c(=O)c2c1O. The molecule has 16 nitrogen and oxygen atoms in total. The van der Waals surface area contributed by atoms with Crippen LogP contribution in [0.25, 0.3) is 22.1 Å². The highest BCUT2D eigenvalue weighted by Crippen LogP contribution is 2.43. The minimum atomic E-state index is -1.83. The minimum absolute atomic E-state index is 0.0612. The van der Waals surface area contributed by atoms with Crippen molar-refractivity contribution in [2.45, 2.75) is 55.3 Å². The van der Waals surface area contributed by atoms with E-state index in [1.54, 1.807) is 0 Å². The van der Waals surface area contributed by atoms with Crippen molar-refractivity contribution < 1.29 is 74.1 Å². The van der Waals surface area contributed by atoms with Crippen LogP contribution < -0.4 is 14.9 Å². The van der Waals surface area contributed by atoms with Crippen molar-refractivity contribution in [2.75, 3.05) is 20.3 Å². The first kappa shape index (κ1) is 30.7. The lowest BCUT2D eigenvalue weighted by Crippen LogP contribution is -2.61. The Morgan fingerprint density at radius 1 is 0.884 bits per heavy atom. The second-order valence-corrected chi connectivity index (χ2v) is 10.0. The normalized spacial score (nSPS) is 31.2. The summed E-state index contributed by atoms with van der Waals surface area (Å²) in [4.78, 5) is 13.3. The van der Waals surface area contributed by atoms with Crippen LogP contribution >= 0.6 is 0 Å². The molecule has 9 N–H and O–H groups in total. The Kier molecular flexibility index (Phi) is 8.66. The van der Waals surface area contributed by atoms with Gasteiger partial charge in [-0.25, -0.2) is 0 Å². The monoisotopic (exact) mass is 610 g/mol. The molecule has 0 bridgehead atoms. The molecular weight excluding hydrogens is 580 g/mol. The molecule has 2 aromatic carbocycles. The van der Waals surface area contributed by atoms with E-state index in [0.29, 0.717) is 0 Å². The molecule has 0 radical (unpaired) electrons. The zero-order valence-electron chi connectivity index (χ0n) is 22.4. The molecule has 0 aliphatic carbocycles. The fourth-order valence-electron chi connectivity index (χ4n) is 4.79. The smallest absolute Gasteiger partial charge is 0.229 e. The molecule has 0 unspecified atom stereocenters. The molecule has 43 heavy (non-hydrogen) atoms. The van der Waals surface area contributed by atoms with Crippen LogP contribution in [0.15, 0.2) is 39.7 Å². The van der Waals surface area contributed by atoms with E-state index in [4.69, 9.17) is 28.1 Å². The van der Waals surface area contributed by atoms with Crippen LogP contribution in [-0.4, -0.2) is 122 Å². The standard InChI is InChI=1S/C27H30O16/c1-38-25-15(5-14-17(21(25)34)18(31)10(6-39-14)9-2-3-11(28)12(29)4-9)42-27-24(37)22(35)20(33)16(43-27)8-41-26-23(36)19(32)13(30)7-40-26/h2-6,13,16,19-20,22-24,26-30,32-37H,7-8H2,1H3/t13-,16-,19+,20-,22+,23-,24-,26+,27-/m1/s1. The Morgan fingerprint density at radius 2 is 1.60 bits per heavy atom. The van der Waals surface area contributed by atoms with Gasteiger partial charge in [-0.05, 0) is 17.7 Å². The van der Waals surface area contributed by atoms with Crippen LogP contribution in [0.1, 0.15) is 0 Å². The first-order valence-corrected chi connectivity index (χ1v) is 12.9. The average molecular weight is 611 g/mol. The Hall–Kier alpha value is -3.71. The summed E-state index contributed by atoms with van der Waals surface area (Å²) in [5.74, 6) is -2.26. The van der Waals surface area contributed by atoms with Gasteiger partial charge in [-0.3, -0.25) is 4.79 Å². The highest BCUT2D eigenvalue weighted by Gasteiger charge is 2.47. The fraction of sp³-hybridized carbons (Fsp3) is 0.444. The maximum absolute atomic E-state index is 13.3. The van der Waals surface area contributed by atoms with Crippen molar-refractivity contribution in [1.82, 2.24) is 0 Å². The molecule has 1 aromatic heterocycles. The van der Waals surface area contributed by atoms with E-state index in [1.807, 2.05) is 0 Å². The average Bonchev–Trinajstić information content (AvgIpc) is 2.98. The number of rotatable bonds is 7. The number of fused-ring (bicyclic) bond motifs is 1. The molecule has 9 atom stereocenters. The molecule has 0 amide bonds. The molecule has 234 valence electrons. The molecule has 16 heteroatoms. The van der Waals surface area contributed by atoms with Crippen LogP contribution in [0.3, 0.4) is 0 Å². The van der Waals surface area contributed by atoms with Crippen molar-refractivity contribution in [1.29, 1.82) is 0 Å². The highest BCUT2D eigenvalue weighted by atomic mass is 16.7. The number of aliphatic hydroxyl groups excluding tert-OH is 6. The Balaban J connectivity index is 1.40. The lowest BCUT2D eigenvalue weighted by Gasteiger charge is -2.41. The van der Waals surface area contributed by atoms with E-state index < -0.39 is 84.6 Å². The summed E-state index contributed by atoms with van der Waals surface area (Å²) < 4.78 is 32.6. The fourth-order valence-corrected chi connectivity index (χ4v) is 4.79. The largest absolute Gasteiger partial charge is 0.504 e.